The van der Waals surface area contributed by atoms with Crippen LogP contribution in [0.5, 0.6) is 5.75 Å². The zero-order chi connectivity index (χ0) is 23.0. The van der Waals surface area contributed by atoms with Crippen LogP contribution in [0.3, 0.4) is 0 Å². The number of hydrogen-bond donors (Lipinski definition) is 2. The summed E-state index contributed by atoms with van der Waals surface area (Å²) >= 11 is 5.56. The number of urea groups is 1. The van der Waals surface area contributed by atoms with Crippen LogP contribution >= 0.6 is 11.6 Å². The molecule has 2 N–H and O–H groups in total. The Morgan fingerprint density at radius 1 is 1.19 bits per heavy atom. The molecule has 2 aromatic carbocycles. The smallest absolute Gasteiger partial charge is 0.417 e. The molecular weight excluding hydrogens is 439 g/mol. The lowest BCUT2D eigenvalue weighted by molar-refractivity contribution is -0.137. The number of nitrogens with zero attached hydrogens (tertiary/aromatic N) is 1. The van der Waals surface area contributed by atoms with E-state index in [-0.39, 0.29) is 5.69 Å². The van der Waals surface area contributed by atoms with Crippen molar-refractivity contribution in [3.05, 3.63) is 58.6 Å². The molecule has 3 rings (SSSR count). The molecule has 1 unspecified atom stereocenters. The van der Waals surface area contributed by atoms with Gasteiger partial charge in [0.25, 0.3) is 5.91 Å². The number of carbonyl (C=O) groups excluding carboxylic acids is 3. The quantitative estimate of drug-likeness (QED) is 0.672. The SMILES string of the molecule is COc1ccc(C2(C)NC(=O)N(CC(=O)Nc3ccc(Cl)c(C(F)(F)F)c3)C2=O)cc1. The Kier molecular flexibility index (Phi) is 5.86. The van der Waals surface area contributed by atoms with Crippen LogP contribution in [0, 0.1) is 0 Å². The monoisotopic (exact) mass is 455 g/mol. The van der Waals surface area contributed by atoms with Crippen molar-refractivity contribution in [2.75, 3.05) is 19.0 Å². The minimum absolute atomic E-state index is 0.174. The first-order chi connectivity index (χ1) is 14.5. The number of alkyl halides is 3. The van der Waals surface area contributed by atoms with Crippen molar-refractivity contribution in [1.82, 2.24) is 10.2 Å². The molecule has 0 aliphatic carbocycles. The highest BCUT2D eigenvalue weighted by Crippen LogP contribution is 2.36. The van der Waals surface area contributed by atoms with Gasteiger partial charge in [-0.2, -0.15) is 13.2 Å². The van der Waals surface area contributed by atoms with E-state index in [2.05, 4.69) is 10.6 Å². The maximum Gasteiger partial charge on any atom is 0.417 e. The predicted molar refractivity (Wildman–Crippen MR) is 106 cm³/mol. The molecule has 4 amide bonds. The topological polar surface area (TPSA) is 87.7 Å². The maximum absolute atomic E-state index is 13.0. The predicted octanol–water partition coefficient (Wildman–Crippen LogP) is 3.77. The van der Waals surface area contributed by atoms with Crippen LogP contribution in [-0.2, 0) is 21.3 Å². The zero-order valence-corrected chi connectivity index (χ0v) is 17.1. The first-order valence-corrected chi connectivity index (χ1v) is 9.29. The van der Waals surface area contributed by atoms with Crippen molar-refractivity contribution < 1.29 is 32.3 Å². The lowest BCUT2D eigenvalue weighted by atomic mass is 9.92. The highest BCUT2D eigenvalue weighted by Gasteiger charge is 2.49. The van der Waals surface area contributed by atoms with Crippen LogP contribution in [0.25, 0.3) is 0 Å². The zero-order valence-electron chi connectivity index (χ0n) is 16.3. The molecule has 1 atom stereocenters. The summed E-state index contributed by atoms with van der Waals surface area (Å²) in [7, 11) is 1.48. The second-order valence-electron chi connectivity index (χ2n) is 6.92. The molecule has 1 saturated heterocycles. The van der Waals surface area contributed by atoms with Crippen molar-refractivity contribution in [3.8, 4) is 5.75 Å². The van der Waals surface area contributed by atoms with Crippen LogP contribution in [0.15, 0.2) is 42.5 Å². The van der Waals surface area contributed by atoms with Gasteiger partial charge in [0.1, 0.15) is 17.8 Å². The second-order valence-corrected chi connectivity index (χ2v) is 7.32. The molecule has 31 heavy (non-hydrogen) atoms. The van der Waals surface area contributed by atoms with Gasteiger partial charge in [-0.05, 0) is 42.8 Å². The molecule has 7 nitrogen and oxygen atoms in total. The minimum Gasteiger partial charge on any atom is -0.497 e. The van der Waals surface area contributed by atoms with Crippen LogP contribution in [0.1, 0.15) is 18.1 Å². The Balaban J connectivity index is 1.75. The standard InChI is InChI=1S/C20H17ClF3N3O4/c1-19(11-3-6-13(31-2)7-4-11)17(29)27(18(30)26-19)10-16(28)25-12-5-8-15(21)14(9-12)20(22,23)24/h3-9H,10H2,1-2H3,(H,25,28)(H,26,30). The van der Waals surface area contributed by atoms with E-state index in [9.17, 15) is 27.6 Å². The van der Waals surface area contributed by atoms with Crippen molar-refractivity contribution in [2.45, 2.75) is 18.6 Å². The average Bonchev–Trinajstić information content (AvgIpc) is 2.92. The molecule has 1 aliphatic heterocycles. The summed E-state index contributed by atoms with van der Waals surface area (Å²) in [5.41, 5.74) is -2.23. The molecule has 0 saturated carbocycles. The van der Waals surface area contributed by atoms with Gasteiger partial charge in [0, 0.05) is 5.69 Å². The molecule has 1 aliphatic rings. The molecule has 0 spiro atoms. The van der Waals surface area contributed by atoms with Crippen molar-refractivity contribution in [1.29, 1.82) is 0 Å². The minimum atomic E-state index is -4.71. The third kappa shape index (κ3) is 4.43. The van der Waals surface area contributed by atoms with E-state index in [0.29, 0.717) is 22.3 Å². The summed E-state index contributed by atoms with van der Waals surface area (Å²) in [6, 6.07) is 8.50. The van der Waals surface area contributed by atoms with E-state index < -0.39 is 46.7 Å². The lowest BCUT2D eigenvalue weighted by Gasteiger charge is -2.22. The molecule has 1 fully saturated rings. The van der Waals surface area contributed by atoms with Gasteiger partial charge in [0.15, 0.2) is 0 Å². The lowest BCUT2D eigenvalue weighted by Crippen LogP contribution is -2.42. The molecular formula is C20H17ClF3N3O4. The number of benzene rings is 2. The van der Waals surface area contributed by atoms with Crippen molar-refractivity contribution >= 4 is 35.1 Å². The highest BCUT2D eigenvalue weighted by atomic mass is 35.5. The average molecular weight is 456 g/mol. The molecule has 2 aromatic rings. The van der Waals surface area contributed by atoms with Gasteiger partial charge in [-0.1, -0.05) is 23.7 Å². The van der Waals surface area contributed by atoms with Gasteiger partial charge >= 0.3 is 12.2 Å². The summed E-state index contributed by atoms with van der Waals surface area (Å²) in [4.78, 5) is 38.2. The Hall–Kier alpha value is -3.27. The van der Waals surface area contributed by atoms with Crippen molar-refractivity contribution in [3.63, 3.8) is 0 Å². The largest absolute Gasteiger partial charge is 0.497 e. The number of rotatable bonds is 5. The van der Waals surface area contributed by atoms with Gasteiger partial charge in [-0.15, -0.1) is 0 Å². The van der Waals surface area contributed by atoms with Crippen LogP contribution in [0.4, 0.5) is 23.7 Å². The fraction of sp³-hybridized carbons (Fsp3) is 0.250. The first kappa shape index (κ1) is 22.4. The molecule has 164 valence electrons. The number of carbonyl (C=O) groups is 3. The van der Waals surface area contributed by atoms with E-state index in [1.165, 1.54) is 20.1 Å². The third-order valence-corrected chi connectivity index (χ3v) is 5.13. The highest BCUT2D eigenvalue weighted by molar-refractivity contribution is 6.31. The molecule has 1 heterocycles. The van der Waals surface area contributed by atoms with E-state index >= 15 is 0 Å². The Labute approximate surface area is 180 Å². The number of anilines is 1. The number of amides is 4. The maximum atomic E-state index is 13.0. The molecule has 0 aromatic heterocycles. The Bertz CT molecular complexity index is 1040. The van der Waals surface area contributed by atoms with E-state index in [1.54, 1.807) is 24.3 Å². The van der Waals surface area contributed by atoms with E-state index in [4.69, 9.17) is 16.3 Å². The van der Waals surface area contributed by atoms with Gasteiger partial charge in [0.2, 0.25) is 5.91 Å². The summed E-state index contributed by atoms with van der Waals surface area (Å²) in [6.45, 7) is 0.808. The van der Waals surface area contributed by atoms with Gasteiger partial charge in [-0.25, -0.2) is 4.79 Å². The summed E-state index contributed by atoms with van der Waals surface area (Å²) < 4.78 is 44.0. The van der Waals surface area contributed by atoms with Gasteiger partial charge < -0.3 is 15.4 Å². The fourth-order valence-electron chi connectivity index (χ4n) is 3.12. The normalized spacial score (nSPS) is 18.7. The van der Waals surface area contributed by atoms with E-state index in [1.807, 2.05) is 0 Å². The van der Waals surface area contributed by atoms with Crippen LogP contribution in [0.2, 0.25) is 5.02 Å². The number of hydrogen-bond acceptors (Lipinski definition) is 4. The van der Waals surface area contributed by atoms with Crippen molar-refractivity contribution in [2.24, 2.45) is 0 Å². The summed E-state index contributed by atoms with van der Waals surface area (Å²) in [6.07, 6.45) is -4.71. The number of nitrogens with one attached hydrogen (secondary N) is 2. The van der Waals surface area contributed by atoms with Crippen LogP contribution < -0.4 is 15.4 Å². The summed E-state index contributed by atoms with van der Waals surface area (Å²) in [5, 5.41) is 4.27. The fourth-order valence-corrected chi connectivity index (χ4v) is 3.35. The van der Waals surface area contributed by atoms with E-state index in [0.717, 1.165) is 6.07 Å². The second kappa shape index (κ2) is 8.10. The number of imide groups is 1. The van der Waals surface area contributed by atoms with Gasteiger partial charge in [0.05, 0.1) is 17.7 Å². The Morgan fingerprint density at radius 2 is 1.84 bits per heavy atom. The third-order valence-electron chi connectivity index (χ3n) is 4.80. The number of methoxy groups -OCH3 is 1. The number of ether oxygens (including phenoxy) is 1. The van der Waals surface area contributed by atoms with Crippen LogP contribution in [-0.4, -0.2) is 36.4 Å². The van der Waals surface area contributed by atoms with Gasteiger partial charge in [-0.3, -0.25) is 14.5 Å². The molecule has 0 bridgehead atoms. The first-order valence-electron chi connectivity index (χ1n) is 8.91. The summed E-state index contributed by atoms with van der Waals surface area (Å²) in [5.74, 6) is -0.968. The molecule has 0 radical (unpaired) electrons. The number of halogens is 4. The Morgan fingerprint density at radius 3 is 2.42 bits per heavy atom. The molecule has 11 heteroatoms.